The minimum Gasteiger partial charge on any atom is -0.511 e. The van der Waals surface area contributed by atoms with Crippen LogP contribution in [0.4, 0.5) is 26.2 Å². The van der Waals surface area contributed by atoms with Crippen molar-refractivity contribution in [2.75, 3.05) is 88.1 Å². The number of Topliss-reactive ketones (excluding diaryl/α,β-unsaturated/α-hetero) is 2. The van der Waals surface area contributed by atoms with E-state index < -0.39 is 12.1 Å². The Morgan fingerprint density at radius 3 is 1.45 bits per heavy atom. The first-order valence-corrected chi connectivity index (χ1v) is 41.3. The topological polar surface area (TPSA) is 194 Å². The molecule has 110 heavy (non-hydrogen) atoms. The fraction of sp³-hybridized carbons (Fsp3) is 0.589. The molecule has 0 spiro atoms. The van der Waals surface area contributed by atoms with Gasteiger partial charge in [0, 0.05) is 95.3 Å². The van der Waals surface area contributed by atoms with Crippen molar-refractivity contribution in [2.45, 2.75) is 270 Å². The lowest BCUT2D eigenvalue weighted by atomic mass is 9.95. The maximum absolute atomic E-state index is 14.3. The second kappa shape index (κ2) is 41.1. The number of hydrogen-bond acceptors (Lipinski definition) is 18. The Bertz CT molecular complexity index is 3970. The number of ketones is 2. The molecule has 6 aromatic rings. The maximum atomic E-state index is 14.3. The molecule has 18 nitrogen and oxygen atoms in total. The van der Waals surface area contributed by atoms with Crippen LogP contribution in [0.2, 0.25) is 0 Å². The smallest absolute Gasteiger partial charge is 0.151 e. The predicted molar refractivity (Wildman–Crippen MR) is 432 cm³/mol. The molecule has 598 valence electrons. The SMILES string of the molecule is C=C(O)C(c1ccccc1[C@H](C)OC(C)C)N1CC[C@@H](OCCCCc2ccc3c(n2)NCCC3)C1.CC(=O)[C@@H](c1cc(F)ccc1COC(C)C)N1CC[C@@H](OCCCCc2ccc3c(n2)NC(C)CC3)C1.CC(=O)[C@H](c1cc(F)ccc1COC1(C)CC1)N1CC[C@@H](OCCCCc2ccc3c(n2)NCCC3)C1. The van der Waals surface area contributed by atoms with Crippen molar-refractivity contribution < 1.29 is 51.9 Å². The molecule has 4 fully saturated rings. The number of unbranched alkanes of at least 4 members (excludes halogenated alkanes) is 3. The van der Waals surface area contributed by atoms with E-state index in [2.05, 4.69) is 107 Å². The average Bonchev–Trinajstić information content (AvgIpc) is 1.73. The van der Waals surface area contributed by atoms with Gasteiger partial charge in [0.2, 0.25) is 0 Å². The summed E-state index contributed by atoms with van der Waals surface area (Å²) in [5.41, 5.74) is 12.7. The molecule has 0 amide bonds. The van der Waals surface area contributed by atoms with E-state index in [4.69, 9.17) is 43.4 Å². The summed E-state index contributed by atoms with van der Waals surface area (Å²) in [5.74, 6) is 2.74. The molecule has 0 bridgehead atoms. The second-order valence-electron chi connectivity index (χ2n) is 32.4. The molecule has 0 radical (unpaired) electrons. The molecule has 2 unspecified atom stereocenters. The summed E-state index contributed by atoms with van der Waals surface area (Å²) in [6.45, 7) is 31.0. The highest BCUT2D eigenvalue weighted by atomic mass is 19.1. The van der Waals surface area contributed by atoms with Crippen LogP contribution in [0.3, 0.4) is 0 Å². The van der Waals surface area contributed by atoms with E-state index >= 15 is 0 Å². The lowest BCUT2D eigenvalue weighted by Crippen LogP contribution is -2.33. The normalized spacial score (nSPS) is 20.5. The number of carbonyl (C=O) groups excluding carboxylic acids is 2. The van der Waals surface area contributed by atoms with Crippen LogP contribution in [0.15, 0.2) is 109 Å². The molecule has 3 aromatic heterocycles. The number of fused-ring (bicyclic) bond motifs is 3. The van der Waals surface area contributed by atoms with Crippen LogP contribution in [0, 0.1) is 11.6 Å². The van der Waals surface area contributed by atoms with Gasteiger partial charge in [-0.25, -0.2) is 23.7 Å². The molecule has 3 saturated heterocycles. The van der Waals surface area contributed by atoms with E-state index in [1.54, 1.807) is 26.0 Å². The van der Waals surface area contributed by atoms with Gasteiger partial charge in [-0.15, -0.1) is 0 Å². The molecule has 8 atom stereocenters. The van der Waals surface area contributed by atoms with E-state index in [0.29, 0.717) is 51.1 Å². The van der Waals surface area contributed by atoms with Gasteiger partial charge in [0.25, 0.3) is 0 Å². The van der Waals surface area contributed by atoms with Crippen LogP contribution in [0.25, 0.3) is 0 Å². The summed E-state index contributed by atoms with van der Waals surface area (Å²) in [4.78, 5) is 46.5. The zero-order valence-corrected chi connectivity index (χ0v) is 67.2. The molecule has 20 heteroatoms. The van der Waals surface area contributed by atoms with Gasteiger partial charge < -0.3 is 49.5 Å². The third-order valence-electron chi connectivity index (χ3n) is 22.5. The monoisotopic (exact) mass is 1510 g/mol. The number of pyridine rings is 3. The number of aryl methyl sites for hydroxylation is 6. The average molecular weight is 1520 g/mol. The van der Waals surface area contributed by atoms with E-state index in [9.17, 15) is 23.5 Å². The van der Waals surface area contributed by atoms with E-state index in [1.807, 2.05) is 39.8 Å². The number of rotatable bonds is 36. The maximum Gasteiger partial charge on any atom is 0.151 e. The minimum absolute atomic E-state index is 0.0125. The summed E-state index contributed by atoms with van der Waals surface area (Å²) in [7, 11) is 0. The Kier molecular flexibility index (Phi) is 31.3. The third-order valence-corrected chi connectivity index (χ3v) is 22.5. The highest BCUT2D eigenvalue weighted by Crippen LogP contribution is 2.41. The molecule has 9 heterocycles. The molecule has 4 N–H and O–H groups in total. The van der Waals surface area contributed by atoms with Gasteiger partial charge in [-0.05, 0) is 283 Å². The second-order valence-corrected chi connectivity index (χ2v) is 32.4. The zero-order valence-electron chi connectivity index (χ0n) is 67.2. The number of aromatic nitrogens is 3. The first kappa shape index (κ1) is 83.8. The zero-order chi connectivity index (χ0) is 77.7. The van der Waals surface area contributed by atoms with Crippen LogP contribution in [0.5, 0.6) is 0 Å². The van der Waals surface area contributed by atoms with Crippen LogP contribution in [-0.2, 0) is 89.7 Å². The van der Waals surface area contributed by atoms with E-state index in [1.165, 1.54) is 53.8 Å². The van der Waals surface area contributed by atoms with Crippen molar-refractivity contribution in [2.24, 2.45) is 0 Å². The van der Waals surface area contributed by atoms with Crippen molar-refractivity contribution in [3.63, 3.8) is 0 Å². The first-order chi connectivity index (χ1) is 53.1. The molecular formula is C90H125F2N9O9. The van der Waals surface area contributed by atoms with Gasteiger partial charge in [0.15, 0.2) is 11.6 Å². The quantitative estimate of drug-likeness (QED) is 0.0214. The molecular weight excluding hydrogens is 1390 g/mol. The highest BCUT2D eigenvalue weighted by molar-refractivity contribution is 5.84. The van der Waals surface area contributed by atoms with Crippen molar-refractivity contribution in [1.29, 1.82) is 0 Å². The van der Waals surface area contributed by atoms with Crippen LogP contribution in [0.1, 0.15) is 244 Å². The Morgan fingerprint density at radius 1 is 0.555 bits per heavy atom. The van der Waals surface area contributed by atoms with Crippen molar-refractivity contribution in [3.05, 3.63) is 188 Å². The number of aliphatic hydroxyl groups excluding tert-OH is 1. The minimum atomic E-state index is -0.485. The number of hydrogen-bond donors (Lipinski definition) is 4. The van der Waals surface area contributed by atoms with Gasteiger partial charge in [0.05, 0.1) is 73.6 Å². The number of anilines is 3. The van der Waals surface area contributed by atoms with Gasteiger partial charge in [0.1, 0.15) is 34.8 Å². The number of halogens is 2. The molecule has 3 aromatic carbocycles. The molecule has 1 aliphatic carbocycles. The number of nitrogens with zero attached hydrogens (tertiary/aromatic N) is 6. The summed E-state index contributed by atoms with van der Waals surface area (Å²) in [5, 5.41) is 20.9. The Balaban J connectivity index is 0.000000164. The fourth-order valence-electron chi connectivity index (χ4n) is 16.3. The highest BCUT2D eigenvalue weighted by Gasteiger charge is 2.40. The number of nitrogens with one attached hydrogen (secondary N) is 3. The van der Waals surface area contributed by atoms with E-state index in [-0.39, 0.29) is 77.2 Å². The summed E-state index contributed by atoms with van der Waals surface area (Å²) < 4.78 is 65.0. The number of ether oxygens (including phenoxy) is 6. The number of carbonyl (C=O) groups is 2. The van der Waals surface area contributed by atoms with E-state index in [0.717, 1.165) is 224 Å². The standard InChI is InChI=1S/C30H40FN3O3.C30H42FN3O3.C30H43N3O3/c1-21(35)28(27-18-24(31)10-8-23(27)20-37-30(2)13-14-30)34-16-12-26(19-34)36-17-4-3-7-25-11-9-22-6-5-15-32-29(22)33-25;1-20(2)37-19-24-10-12-25(31)17-28(24)29(22(4)35)34-15-14-27(18-34)36-16-6-5-7-26-13-11-23-9-8-21(3)32-30(23)33-26;1-21(2)36-23(4)27-12-5-6-13-28(27)29(22(3)34)33-18-16-26(20-33)35-19-8-7-11-25-15-14-24-10-9-17-31-30(24)32-25/h8-11,18,26,28H,3-7,12-17,19-20H2,1-2H3,(H,32,33);10-13,17,20-21,27,29H,5-9,14-16,18-19H2,1-4H3,(H,32,33);5-6,12-15,21,23,26,29,34H,3,7-11,16-20H2,1-2,4H3,(H,31,32)/t26-,28-;21?,27-,29+;23-,26+,29?/m110/s1. The van der Waals surface area contributed by atoms with Crippen LogP contribution >= 0.6 is 0 Å². The van der Waals surface area contributed by atoms with Crippen molar-refractivity contribution in [3.8, 4) is 0 Å². The number of likely N-dealkylation sites (tertiary alicyclic amines) is 3. The van der Waals surface area contributed by atoms with Gasteiger partial charge in [-0.1, -0.05) is 61.2 Å². The Morgan fingerprint density at radius 2 is 1.00 bits per heavy atom. The van der Waals surface area contributed by atoms with Crippen molar-refractivity contribution >= 4 is 29.0 Å². The number of aliphatic hydroxyl groups is 1. The molecule has 13 rings (SSSR count). The Labute approximate surface area is 654 Å². The fourth-order valence-corrected chi connectivity index (χ4v) is 16.3. The first-order valence-electron chi connectivity index (χ1n) is 41.3. The molecule has 1 saturated carbocycles. The van der Waals surface area contributed by atoms with Gasteiger partial charge in [-0.3, -0.25) is 24.3 Å². The lowest BCUT2D eigenvalue weighted by molar-refractivity contribution is -0.123. The molecule has 7 aliphatic rings. The number of benzene rings is 3. The van der Waals surface area contributed by atoms with Gasteiger partial charge >= 0.3 is 0 Å². The summed E-state index contributed by atoms with van der Waals surface area (Å²) in [6.07, 6.45) is 21.1. The molecule has 6 aliphatic heterocycles. The predicted octanol–water partition coefficient (Wildman–Crippen LogP) is 17.2. The third kappa shape index (κ3) is 24.5. The van der Waals surface area contributed by atoms with Crippen molar-refractivity contribution in [1.82, 2.24) is 29.7 Å². The lowest BCUT2D eigenvalue weighted by Gasteiger charge is -2.30. The van der Waals surface area contributed by atoms with Crippen LogP contribution < -0.4 is 16.0 Å². The van der Waals surface area contributed by atoms with Gasteiger partial charge in [-0.2, -0.15) is 0 Å². The summed E-state index contributed by atoms with van der Waals surface area (Å²) >= 11 is 0. The summed E-state index contributed by atoms with van der Waals surface area (Å²) in [6, 6.07) is 30.0. The van der Waals surface area contributed by atoms with Crippen LogP contribution in [-0.4, -0.2) is 161 Å². The largest absolute Gasteiger partial charge is 0.511 e. The Hall–Kier alpha value is -7.11.